The van der Waals surface area contributed by atoms with E-state index >= 15 is 0 Å². The van der Waals surface area contributed by atoms with Crippen LogP contribution >= 0.6 is 0 Å². The zero-order valence-electron chi connectivity index (χ0n) is 14.5. The lowest BCUT2D eigenvalue weighted by atomic mass is 10.2. The zero-order chi connectivity index (χ0) is 19.4. The van der Waals surface area contributed by atoms with Crippen molar-refractivity contribution in [2.24, 2.45) is 0 Å². The van der Waals surface area contributed by atoms with Crippen LogP contribution in [0.15, 0.2) is 77.7 Å². The van der Waals surface area contributed by atoms with E-state index in [4.69, 9.17) is 4.74 Å². The maximum atomic E-state index is 14.1. The fourth-order valence-corrected chi connectivity index (χ4v) is 4.04. The molecule has 7 heteroatoms. The summed E-state index contributed by atoms with van der Waals surface area (Å²) in [6.07, 6.45) is 0. The van der Waals surface area contributed by atoms with Gasteiger partial charge in [-0.1, -0.05) is 24.3 Å². The quantitative estimate of drug-likeness (QED) is 0.629. The Kier molecular flexibility index (Phi) is 5.41. The number of anilines is 1. The summed E-state index contributed by atoms with van der Waals surface area (Å²) in [5, 5.41) is 0. The summed E-state index contributed by atoms with van der Waals surface area (Å²) in [7, 11) is -2.59. The highest BCUT2D eigenvalue weighted by Crippen LogP contribution is 2.28. The third-order valence-electron chi connectivity index (χ3n) is 4.02. The molecule has 0 aromatic heterocycles. The molecule has 0 fully saturated rings. The van der Waals surface area contributed by atoms with Gasteiger partial charge in [-0.3, -0.25) is 4.31 Å². The van der Waals surface area contributed by atoms with Crippen LogP contribution in [0, 0.1) is 11.6 Å². The van der Waals surface area contributed by atoms with Crippen LogP contribution in [-0.4, -0.2) is 15.5 Å². The van der Waals surface area contributed by atoms with E-state index in [1.54, 1.807) is 6.07 Å². The Morgan fingerprint density at radius 1 is 0.926 bits per heavy atom. The molecule has 4 nitrogen and oxygen atoms in total. The average Bonchev–Trinajstić information content (AvgIpc) is 2.67. The fourth-order valence-electron chi connectivity index (χ4n) is 2.60. The van der Waals surface area contributed by atoms with Gasteiger partial charge in [-0.2, -0.15) is 0 Å². The molecule has 0 atom stereocenters. The Bertz CT molecular complexity index is 1040. The van der Waals surface area contributed by atoms with Gasteiger partial charge < -0.3 is 4.74 Å². The van der Waals surface area contributed by atoms with Gasteiger partial charge in [-0.15, -0.1) is 0 Å². The summed E-state index contributed by atoms with van der Waals surface area (Å²) >= 11 is 0. The van der Waals surface area contributed by atoms with Crippen molar-refractivity contribution in [1.82, 2.24) is 0 Å². The zero-order valence-corrected chi connectivity index (χ0v) is 15.3. The molecular formula is C20H17F2NO3S. The molecule has 0 aliphatic rings. The molecule has 3 rings (SSSR count). The number of halogens is 2. The topological polar surface area (TPSA) is 46.6 Å². The van der Waals surface area contributed by atoms with Gasteiger partial charge in [-0.25, -0.2) is 17.2 Å². The van der Waals surface area contributed by atoms with E-state index < -0.39 is 21.7 Å². The number of nitrogens with zero attached hydrogens (tertiary/aromatic N) is 1. The van der Waals surface area contributed by atoms with Crippen LogP contribution < -0.4 is 9.04 Å². The van der Waals surface area contributed by atoms with Gasteiger partial charge in [-0.05, 0) is 48.5 Å². The van der Waals surface area contributed by atoms with E-state index in [-0.39, 0.29) is 22.7 Å². The van der Waals surface area contributed by atoms with Crippen LogP contribution in [0.4, 0.5) is 14.5 Å². The molecule has 0 radical (unpaired) electrons. The lowest BCUT2D eigenvalue weighted by molar-refractivity contribution is 0.414. The first-order valence-corrected chi connectivity index (χ1v) is 9.51. The highest BCUT2D eigenvalue weighted by Gasteiger charge is 2.26. The first-order valence-electron chi connectivity index (χ1n) is 8.07. The van der Waals surface area contributed by atoms with Crippen LogP contribution in [0.5, 0.6) is 5.75 Å². The monoisotopic (exact) mass is 389 g/mol. The molecule has 0 saturated heterocycles. The largest absolute Gasteiger partial charge is 0.497 e. The molecule has 0 aliphatic carbocycles. The molecule has 3 aromatic carbocycles. The number of hydrogen-bond donors (Lipinski definition) is 0. The molecule has 27 heavy (non-hydrogen) atoms. The van der Waals surface area contributed by atoms with E-state index in [0.717, 1.165) is 10.4 Å². The van der Waals surface area contributed by atoms with Crippen molar-refractivity contribution in [3.05, 3.63) is 90.0 Å². The van der Waals surface area contributed by atoms with Gasteiger partial charge in [0.2, 0.25) is 0 Å². The second kappa shape index (κ2) is 7.75. The summed E-state index contributed by atoms with van der Waals surface area (Å²) in [5.74, 6) is -0.625. The maximum absolute atomic E-state index is 14.1. The fraction of sp³-hybridized carbons (Fsp3) is 0.100. The second-order valence-corrected chi connectivity index (χ2v) is 7.62. The summed E-state index contributed by atoms with van der Waals surface area (Å²) in [6, 6.07) is 16.9. The van der Waals surface area contributed by atoms with Crippen molar-refractivity contribution in [1.29, 1.82) is 0 Å². The minimum atomic E-state index is -4.07. The SMILES string of the molecule is COc1ccc(S(=O)(=O)N(Cc2ccccc2F)c2cccc(F)c2)cc1. The van der Waals surface area contributed by atoms with Crippen LogP contribution in [0.25, 0.3) is 0 Å². The molecule has 0 spiro atoms. The lowest BCUT2D eigenvalue weighted by Gasteiger charge is -2.25. The van der Waals surface area contributed by atoms with E-state index in [0.29, 0.717) is 5.75 Å². The number of sulfonamides is 1. The Hall–Kier alpha value is -2.93. The van der Waals surface area contributed by atoms with Crippen molar-refractivity contribution in [3.8, 4) is 5.75 Å². The third kappa shape index (κ3) is 4.09. The molecule has 0 aliphatic heterocycles. The van der Waals surface area contributed by atoms with E-state index in [1.165, 1.54) is 67.8 Å². The van der Waals surface area contributed by atoms with Gasteiger partial charge >= 0.3 is 0 Å². The molecule has 140 valence electrons. The lowest BCUT2D eigenvalue weighted by Crippen LogP contribution is -2.31. The highest BCUT2D eigenvalue weighted by atomic mass is 32.2. The van der Waals surface area contributed by atoms with Crippen molar-refractivity contribution in [2.45, 2.75) is 11.4 Å². The summed E-state index contributed by atoms with van der Waals surface area (Å²) in [6.45, 7) is -0.273. The minimum Gasteiger partial charge on any atom is -0.497 e. The van der Waals surface area contributed by atoms with Crippen LogP contribution in [0.2, 0.25) is 0 Å². The van der Waals surface area contributed by atoms with Gasteiger partial charge in [0.1, 0.15) is 17.4 Å². The Balaban J connectivity index is 2.09. The number of hydrogen-bond acceptors (Lipinski definition) is 3. The summed E-state index contributed by atoms with van der Waals surface area (Å²) < 4.78 is 60.3. The number of ether oxygens (including phenoxy) is 1. The highest BCUT2D eigenvalue weighted by molar-refractivity contribution is 7.92. The Morgan fingerprint density at radius 2 is 1.63 bits per heavy atom. The molecule has 3 aromatic rings. The Labute approximate surface area is 156 Å². The molecular weight excluding hydrogens is 372 g/mol. The first kappa shape index (κ1) is 18.8. The van der Waals surface area contributed by atoms with E-state index in [9.17, 15) is 17.2 Å². The maximum Gasteiger partial charge on any atom is 0.264 e. The number of methoxy groups -OCH3 is 1. The van der Waals surface area contributed by atoms with Crippen molar-refractivity contribution >= 4 is 15.7 Å². The molecule has 0 saturated carbocycles. The minimum absolute atomic E-state index is 0.0103. The first-order chi connectivity index (χ1) is 12.9. The number of benzene rings is 3. The Morgan fingerprint density at radius 3 is 2.26 bits per heavy atom. The average molecular weight is 389 g/mol. The smallest absolute Gasteiger partial charge is 0.264 e. The van der Waals surface area contributed by atoms with Crippen LogP contribution in [0.3, 0.4) is 0 Å². The van der Waals surface area contributed by atoms with E-state index in [2.05, 4.69) is 0 Å². The van der Waals surface area contributed by atoms with Crippen LogP contribution in [-0.2, 0) is 16.6 Å². The third-order valence-corrected chi connectivity index (χ3v) is 5.80. The number of rotatable bonds is 6. The van der Waals surface area contributed by atoms with Gasteiger partial charge in [0.05, 0.1) is 24.2 Å². The normalized spacial score (nSPS) is 11.2. The standard InChI is InChI=1S/C20H17F2NO3S/c1-26-18-9-11-19(12-10-18)27(24,25)23(17-7-4-6-16(21)13-17)14-15-5-2-3-8-20(15)22/h2-13H,14H2,1H3. The molecule has 0 N–H and O–H groups in total. The predicted octanol–water partition coefficient (Wildman–Crippen LogP) is 4.37. The van der Waals surface area contributed by atoms with Crippen molar-refractivity contribution in [2.75, 3.05) is 11.4 Å². The predicted molar refractivity (Wildman–Crippen MR) is 99.2 cm³/mol. The van der Waals surface area contributed by atoms with Gasteiger partial charge in [0, 0.05) is 5.56 Å². The summed E-state index contributed by atoms with van der Waals surface area (Å²) in [4.78, 5) is -0.0103. The van der Waals surface area contributed by atoms with E-state index in [1.807, 2.05) is 0 Å². The summed E-state index contributed by atoms with van der Waals surface area (Å²) in [5.41, 5.74) is 0.285. The molecule has 0 bridgehead atoms. The van der Waals surface area contributed by atoms with Crippen molar-refractivity contribution < 1.29 is 21.9 Å². The molecule has 0 heterocycles. The van der Waals surface area contributed by atoms with Crippen LogP contribution in [0.1, 0.15) is 5.56 Å². The molecule has 0 unspecified atom stereocenters. The molecule has 0 amide bonds. The van der Waals surface area contributed by atoms with Gasteiger partial charge in [0.25, 0.3) is 10.0 Å². The second-order valence-electron chi connectivity index (χ2n) is 5.76. The van der Waals surface area contributed by atoms with Gasteiger partial charge in [0.15, 0.2) is 0 Å². The van der Waals surface area contributed by atoms with Crippen molar-refractivity contribution in [3.63, 3.8) is 0 Å².